The van der Waals surface area contributed by atoms with E-state index in [1.807, 2.05) is 0 Å². The summed E-state index contributed by atoms with van der Waals surface area (Å²) >= 11 is 0. The molecule has 1 N–H and O–H groups in total. The molecule has 0 spiro atoms. The third kappa shape index (κ3) is 3.75. The second kappa shape index (κ2) is 6.93. The van der Waals surface area contributed by atoms with Crippen molar-refractivity contribution in [1.82, 2.24) is 10.2 Å². The molecule has 1 heterocycles. The largest absolute Gasteiger partial charge is 0.326 e. The van der Waals surface area contributed by atoms with Crippen LogP contribution in [0.2, 0.25) is 0 Å². The van der Waals surface area contributed by atoms with E-state index in [9.17, 15) is 4.79 Å². The summed E-state index contributed by atoms with van der Waals surface area (Å²) in [5.74, 6) is 2.57. The van der Waals surface area contributed by atoms with Crippen molar-refractivity contribution in [3.8, 4) is 0 Å². The molecule has 1 amide bonds. The average molecular weight is 280 g/mol. The van der Waals surface area contributed by atoms with Crippen molar-refractivity contribution in [2.75, 3.05) is 6.54 Å². The topological polar surface area (TPSA) is 32.3 Å². The smallest absolute Gasteiger partial charge is 0.241 e. The van der Waals surface area contributed by atoms with Gasteiger partial charge < -0.3 is 4.90 Å². The predicted octanol–water partition coefficient (Wildman–Crippen LogP) is 3.40. The molecule has 1 aliphatic carbocycles. The molecule has 2 unspecified atom stereocenters. The van der Waals surface area contributed by atoms with Crippen molar-refractivity contribution in [2.45, 2.75) is 78.4 Å². The van der Waals surface area contributed by atoms with Gasteiger partial charge in [-0.1, -0.05) is 40.0 Å². The van der Waals surface area contributed by atoms with Crippen LogP contribution in [0.1, 0.15) is 66.2 Å². The van der Waals surface area contributed by atoms with Crippen LogP contribution in [0.5, 0.6) is 0 Å². The number of nitrogens with one attached hydrogen (secondary N) is 1. The summed E-state index contributed by atoms with van der Waals surface area (Å²) in [5, 5.41) is 3.47. The van der Waals surface area contributed by atoms with E-state index in [0.29, 0.717) is 11.8 Å². The number of carbonyl (C=O) groups excluding carboxylic acids is 1. The lowest BCUT2D eigenvalue weighted by Crippen LogP contribution is -2.39. The van der Waals surface area contributed by atoms with Crippen LogP contribution in [0.3, 0.4) is 0 Å². The van der Waals surface area contributed by atoms with Crippen LogP contribution in [0.25, 0.3) is 0 Å². The van der Waals surface area contributed by atoms with Crippen LogP contribution in [-0.2, 0) is 4.79 Å². The molecule has 0 aromatic rings. The maximum Gasteiger partial charge on any atom is 0.241 e. The van der Waals surface area contributed by atoms with Crippen molar-refractivity contribution in [3.05, 3.63) is 0 Å². The Morgan fingerprint density at radius 2 is 1.80 bits per heavy atom. The highest BCUT2D eigenvalue weighted by Gasteiger charge is 2.37. The van der Waals surface area contributed by atoms with Gasteiger partial charge in [-0.05, 0) is 43.9 Å². The second-order valence-corrected chi connectivity index (χ2v) is 7.31. The zero-order chi connectivity index (χ0) is 14.7. The van der Waals surface area contributed by atoms with Gasteiger partial charge >= 0.3 is 0 Å². The highest BCUT2D eigenvalue weighted by atomic mass is 16.2. The first-order valence-electron chi connectivity index (χ1n) is 8.57. The van der Waals surface area contributed by atoms with Crippen LogP contribution in [-0.4, -0.2) is 29.6 Å². The number of carbonyl (C=O) groups is 1. The van der Waals surface area contributed by atoms with Crippen LogP contribution in [0.15, 0.2) is 0 Å². The molecule has 1 saturated heterocycles. The van der Waals surface area contributed by atoms with Crippen molar-refractivity contribution >= 4 is 5.91 Å². The van der Waals surface area contributed by atoms with Crippen LogP contribution in [0.4, 0.5) is 0 Å². The summed E-state index contributed by atoms with van der Waals surface area (Å²) in [6.07, 6.45) is 7.84. The highest BCUT2D eigenvalue weighted by molar-refractivity contribution is 5.84. The minimum Gasteiger partial charge on any atom is -0.326 e. The van der Waals surface area contributed by atoms with Crippen LogP contribution < -0.4 is 5.32 Å². The minimum absolute atomic E-state index is 0.0528. The summed E-state index contributed by atoms with van der Waals surface area (Å²) in [7, 11) is 0. The number of amides is 1. The molecule has 3 nitrogen and oxygen atoms in total. The molecule has 1 saturated carbocycles. The first-order chi connectivity index (χ1) is 9.51. The first kappa shape index (κ1) is 15.8. The van der Waals surface area contributed by atoms with Gasteiger partial charge in [-0.2, -0.15) is 0 Å². The molecular weight excluding hydrogens is 248 g/mol. The van der Waals surface area contributed by atoms with E-state index in [1.165, 1.54) is 32.1 Å². The SMILES string of the molecule is CCC1CCC(CN2C(=O)C(CC(C)C)NC2C)CC1. The molecule has 2 aliphatic rings. The quantitative estimate of drug-likeness (QED) is 0.837. The third-order valence-electron chi connectivity index (χ3n) is 5.20. The van der Waals surface area contributed by atoms with E-state index in [-0.39, 0.29) is 12.2 Å². The molecule has 0 bridgehead atoms. The number of nitrogens with zero attached hydrogens (tertiary/aromatic N) is 1. The maximum absolute atomic E-state index is 12.5. The standard InChI is InChI=1S/C17H32N2O/c1-5-14-6-8-15(9-7-14)11-19-13(4)18-16(17(19)20)10-12(2)3/h12-16,18H,5-11H2,1-4H3. The van der Waals surface area contributed by atoms with E-state index in [1.54, 1.807) is 0 Å². The van der Waals surface area contributed by atoms with Gasteiger partial charge in [0.15, 0.2) is 0 Å². The highest BCUT2D eigenvalue weighted by Crippen LogP contribution is 2.32. The van der Waals surface area contributed by atoms with Crippen molar-refractivity contribution < 1.29 is 4.79 Å². The lowest BCUT2D eigenvalue weighted by molar-refractivity contribution is -0.130. The summed E-state index contributed by atoms with van der Waals surface area (Å²) < 4.78 is 0. The lowest BCUT2D eigenvalue weighted by Gasteiger charge is -2.32. The Kier molecular flexibility index (Phi) is 5.48. The van der Waals surface area contributed by atoms with Gasteiger partial charge in [0.1, 0.15) is 0 Å². The molecule has 3 heteroatoms. The molecule has 0 aromatic heterocycles. The van der Waals surface area contributed by atoms with Crippen molar-refractivity contribution in [3.63, 3.8) is 0 Å². The Balaban J connectivity index is 1.85. The summed E-state index contributed by atoms with van der Waals surface area (Å²) in [4.78, 5) is 14.6. The molecular formula is C17H32N2O. The fourth-order valence-electron chi connectivity index (χ4n) is 3.83. The van der Waals surface area contributed by atoms with Gasteiger partial charge in [-0.15, -0.1) is 0 Å². The van der Waals surface area contributed by atoms with Gasteiger partial charge in [0.2, 0.25) is 5.91 Å². The van der Waals surface area contributed by atoms with Gasteiger partial charge in [0.05, 0.1) is 12.2 Å². The zero-order valence-electron chi connectivity index (χ0n) is 13.7. The summed E-state index contributed by atoms with van der Waals surface area (Å²) in [6, 6.07) is 0.0528. The normalized spacial score (nSPS) is 35.0. The van der Waals surface area contributed by atoms with Crippen LogP contribution in [0, 0.1) is 17.8 Å². The fourth-order valence-corrected chi connectivity index (χ4v) is 3.83. The van der Waals surface area contributed by atoms with Gasteiger partial charge in [0.25, 0.3) is 0 Å². The van der Waals surface area contributed by atoms with Crippen molar-refractivity contribution in [2.24, 2.45) is 17.8 Å². The molecule has 1 aliphatic heterocycles. The first-order valence-corrected chi connectivity index (χ1v) is 8.57. The van der Waals surface area contributed by atoms with E-state index in [4.69, 9.17) is 0 Å². The summed E-state index contributed by atoms with van der Waals surface area (Å²) in [5.41, 5.74) is 0. The monoisotopic (exact) mass is 280 g/mol. The Morgan fingerprint density at radius 3 is 2.35 bits per heavy atom. The third-order valence-corrected chi connectivity index (χ3v) is 5.20. The minimum atomic E-state index is 0.0528. The van der Waals surface area contributed by atoms with Crippen molar-refractivity contribution in [1.29, 1.82) is 0 Å². The van der Waals surface area contributed by atoms with E-state index >= 15 is 0 Å². The molecule has 20 heavy (non-hydrogen) atoms. The zero-order valence-corrected chi connectivity index (χ0v) is 13.7. The van der Waals surface area contributed by atoms with E-state index in [0.717, 1.165) is 24.8 Å². The Morgan fingerprint density at radius 1 is 1.20 bits per heavy atom. The fraction of sp³-hybridized carbons (Fsp3) is 0.941. The van der Waals surface area contributed by atoms with Crippen LogP contribution >= 0.6 is 0 Å². The molecule has 2 fully saturated rings. The van der Waals surface area contributed by atoms with Gasteiger partial charge in [-0.25, -0.2) is 0 Å². The maximum atomic E-state index is 12.5. The van der Waals surface area contributed by atoms with Gasteiger partial charge in [-0.3, -0.25) is 10.1 Å². The lowest BCUT2D eigenvalue weighted by atomic mass is 9.80. The number of rotatable bonds is 5. The molecule has 2 rings (SSSR count). The van der Waals surface area contributed by atoms with Gasteiger partial charge in [0, 0.05) is 6.54 Å². The predicted molar refractivity (Wildman–Crippen MR) is 83.3 cm³/mol. The molecule has 0 radical (unpaired) electrons. The Labute approximate surface area is 124 Å². The number of hydrogen-bond donors (Lipinski definition) is 1. The molecule has 2 atom stereocenters. The van der Waals surface area contributed by atoms with E-state index < -0.39 is 0 Å². The molecule has 116 valence electrons. The Bertz CT molecular complexity index is 321. The number of hydrogen-bond acceptors (Lipinski definition) is 2. The second-order valence-electron chi connectivity index (χ2n) is 7.31. The average Bonchev–Trinajstić information content (AvgIpc) is 2.66. The summed E-state index contributed by atoms with van der Waals surface area (Å²) in [6.45, 7) is 9.79. The van der Waals surface area contributed by atoms with E-state index in [2.05, 4.69) is 37.9 Å². The molecule has 0 aromatic carbocycles. The Hall–Kier alpha value is -0.570.